The van der Waals surface area contributed by atoms with Crippen molar-refractivity contribution in [2.45, 2.75) is 32.0 Å². The lowest BCUT2D eigenvalue weighted by Gasteiger charge is -2.28. The maximum absolute atomic E-state index is 12.6. The summed E-state index contributed by atoms with van der Waals surface area (Å²) in [6.45, 7) is 0.955. The standard InChI is InChI=1S/C7H12F3N/c8-6(9)7(10)11-4-2-1-3-5-11/h6-7H,1-5H2. The molecule has 1 heterocycles. The Balaban J connectivity index is 2.32. The van der Waals surface area contributed by atoms with Crippen LogP contribution in [0.2, 0.25) is 0 Å². The Hall–Kier alpha value is -0.250. The van der Waals surface area contributed by atoms with Gasteiger partial charge in [-0.05, 0) is 12.8 Å². The number of alkyl halides is 3. The molecule has 0 spiro atoms. The summed E-state index contributed by atoms with van der Waals surface area (Å²) in [6, 6.07) is 0. The topological polar surface area (TPSA) is 3.24 Å². The van der Waals surface area contributed by atoms with E-state index in [1.165, 1.54) is 4.90 Å². The lowest BCUT2D eigenvalue weighted by molar-refractivity contribution is -0.0555. The summed E-state index contributed by atoms with van der Waals surface area (Å²) in [5, 5.41) is 0. The highest BCUT2D eigenvalue weighted by atomic mass is 19.3. The summed E-state index contributed by atoms with van der Waals surface area (Å²) < 4.78 is 36.2. The second-order valence-corrected chi connectivity index (χ2v) is 2.80. The van der Waals surface area contributed by atoms with E-state index >= 15 is 0 Å². The quantitative estimate of drug-likeness (QED) is 0.569. The van der Waals surface area contributed by atoms with E-state index in [1.54, 1.807) is 0 Å². The van der Waals surface area contributed by atoms with Crippen molar-refractivity contribution in [2.75, 3.05) is 13.1 Å². The molecule has 1 aliphatic rings. The molecule has 0 aromatic carbocycles. The van der Waals surface area contributed by atoms with Gasteiger partial charge in [-0.2, -0.15) is 0 Å². The summed E-state index contributed by atoms with van der Waals surface area (Å²) in [5.41, 5.74) is 0. The molecule has 0 aromatic rings. The molecule has 1 rings (SSSR count). The lowest BCUT2D eigenvalue weighted by atomic mass is 10.1. The molecule has 11 heavy (non-hydrogen) atoms. The van der Waals surface area contributed by atoms with Crippen LogP contribution in [0.15, 0.2) is 0 Å². The third-order valence-corrected chi connectivity index (χ3v) is 1.95. The van der Waals surface area contributed by atoms with Gasteiger partial charge in [-0.15, -0.1) is 0 Å². The van der Waals surface area contributed by atoms with Gasteiger partial charge in [0.2, 0.25) is 6.30 Å². The number of rotatable bonds is 2. The molecule has 1 saturated heterocycles. The highest BCUT2D eigenvalue weighted by Crippen LogP contribution is 2.17. The minimum absolute atomic E-state index is 0.478. The maximum atomic E-state index is 12.6. The fourth-order valence-electron chi connectivity index (χ4n) is 1.32. The van der Waals surface area contributed by atoms with E-state index in [4.69, 9.17) is 0 Å². The fourth-order valence-corrected chi connectivity index (χ4v) is 1.32. The highest BCUT2D eigenvalue weighted by molar-refractivity contribution is 4.68. The molecule has 1 nitrogen and oxygen atoms in total. The monoisotopic (exact) mass is 167 g/mol. The number of nitrogens with zero attached hydrogens (tertiary/aromatic N) is 1. The van der Waals surface area contributed by atoms with Gasteiger partial charge in [0.05, 0.1) is 0 Å². The van der Waals surface area contributed by atoms with Crippen molar-refractivity contribution in [3.05, 3.63) is 0 Å². The predicted octanol–water partition coefficient (Wildman–Crippen LogP) is 2.03. The van der Waals surface area contributed by atoms with Crippen LogP contribution in [0.3, 0.4) is 0 Å². The average Bonchev–Trinajstić information content (AvgIpc) is 2.05. The van der Waals surface area contributed by atoms with Gasteiger partial charge < -0.3 is 0 Å². The molecular weight excluding hydrogens is 155 g/mol. The summed E-state index contributed by atoms with van der Waals surface area (Å²) in [4.78, 5) is 1.22. The van der Waals surface area contributed by atoms with Crippen LogP contribution in [0.5, 0.6) is 0 Å². The first-order chi connectivity index (χ1) is 5.22. The smallest absolute Gasteiger partial charge is 0.269 e. The summed E-state index contributed by atoms with van der Waals surface area (Å²) in [6.07, 6.45) is -2.18. The van der Waals surface area contributed by atoms with Gasteiger partial charge in [-0.1, -0.05) is 6.42 Å². The van der Waals surface area contributed by atoms with Gasteiger partial charge in [0.15, 0.2) is 0 Å². The largest absolute Gasteiger partial charge is 0.282 e. The Bertz CT molecular complexity index is 112. The molecule has 4 heteroatoms. The third-order valence-electron chi connectivity index (χ3n) is 1.95. The molecule has 0 saturated carbocycles. The van der Waals surface area contributed by atoms with Crippen LogP contribution >= 0.6 is 0 Å². The van der Waals surface area contributed by atoms with E-state index in [9.17, 15) is 13.2 Å². The maximum Gasteiger partial charge on any atom is 0.282 e. The van der Waals surface area contributed by atoms with Crippen LogP contribution in [0.25, 0.3) is 0 Å². The molecule has 0 N–H and O–H groups in total. The Morgan fingerprint density at radius 3 is 1.91 bits per heavy atom. The number of likely N-dealkylation sites (tertiary alicyclic amines) is 1. The summed E-state index contributed by atoms with van der Waals surface area (Å²) in [5.74, 6) is 0. The van der Waals surface area contributed by atoms with Crippen molar-refractivity contribution in [3.63, 3.8) is 0 Å². The molecule has 1 fully saturated rings. The van der Waals surface area contributed by atoms with E-state index in [2.05, 4.69) is 0 Å². The van der Waals surface area contributed by atoms with Gasteiger partial charge in [0.1, 0.15) is 0 Å². The number of halogens is 3. The van der Waals surface area contributed by atoms with Crippen LogP contribution in [-0.2, 0) is 0 Å². The van der Waals surface area contributed by atoms with Crippen LogP contribution in [0, 0.1) is 0 Å². The Labute approximate surface area is 64.2 Å². The first-order valence-electron chi connectivity index (χ1n) is 3.88. The van der Waals surface area contributed by atoms with Crippen LogP contribution in [0.1, 0.15) is 19.3 Å². The van der Waals surface area contributed by atoms with E-state index in [0.29, 0.717) is 13.1 Å². The molecule has 0 bridgehead atoms. The number of piperidine rings is 1. The summed E-state index contributed by atoms with van der Waals surface area (Å²) >= 11 is 0. The molecule has 0 aromatic heterocycles. The minimum atomic E-state index is -2.85. The van der Waals surface area contributed by atoms with E-state index in [0.717, 1.165) is 19.3 Å². The minimum Gasteiger partial charge on any atom is -0.269 e. The molecule has 66 valence electrons. The van der Waals surface area contributed by atoms with Gasteiger partial charge in [-0.3, -0.25) is 4.90 Å². The van der Waals surface area contributed by atoms with Crippen molar-refractivity contribution in [3.8, 4) is 0 Å². The first kappa shape index (κ1) is 8.84. The van der Waals surface area contributed by atoms with Gasteiger partial charge in [-0.25, -0.2) is 13.2 Å². The van der Waals surface area contributed by atoms with Crippen LogP contribution in [-0.4, -0.2) is 30.7 Å². The average molecular weight is 167 g/mol. The molecule has 0 radical (unpaired) electrons. The van der Waals surface area contributed by atoms with E-state index < -0.39 is 12.7 Å². The fraction of sp³-hybridized carbons (Fsp3) is 1.00. The molecule has 0 aliphatic carbocycles. The Kier molecular flexibility index (Phi) is 3.17. The Morgan fingerprint density at radius 1 is 0.909 bits per heavy atom. The summed E-state index contributed by atoms with van der Waals surface area (Å²) in [7, 11) is 0. The van der Waals surface area contributed by atoms with Crippen molar-refractivity contribution in [1.82, 2.24) is 4.90 Å². The van der Waals surface area contributed by atoms with Gasteiger partial charge >= 0.3 is 0 Å². The van der Waals surface area contributed by atoms with Gasteiger partial charge in [0.25, 0.3) is 6.43 Å². The van der Waals surface area contributed by atoms with Crippen molar-refractivity contribution in [2.24, 2.45) is 0 Å². The predicted molar refractivity (Wildman–Crippen MR) is 36.3 cm³/mol. The van der Waals surface area contributed by atoms with Crippen LogP contribution < -0.4 is 0 Å². The molecule has 1 aliphatic heterocycles. The second-order valence-electron chi connectivity index (χ2n) is 2.80. The zero-order valence-corrected chi connectivity index (χ0v) is 6.27. The number of hydrogen-bond acceptors (Lipinski definition) is 1. The van der Waals surface area contributed by atoms with Crippen molar-refractivity contribution >= 4 is 0 Å². The zero-order valence-electron chi connectivity index (χ0n) is 6.27. The molecular formula is C7H12F3N. The second kappa shape index (κ2) is 3.95. The third kappa shape index (κ3) is 2.36. The lowest BCUT2D eigenvalue weighted by Crippen LogP contribution is -2.40. The molecule has 0 amide bonds. The van der Waals surface area contributed by atoms with E-state index in [1.807, 2.05) is 0 Å². The van der Waals surface area contributed by atoms with Crippen LogP contribution in [0.4, 0.5) is 13.2 Å². The van der Waals surface area contributed by atoms with Crippen molar-refractivity contribution < 1.29 is 13.2 Å². The normalized spacial score (nSPS) is 24.0. The zero-order chi connectivity index (χ0) is 8.27. The molecule has 1 unspecified atom stereocenters. The first-order valence-corrected chi connectivity index (χ1v) is 3.88. The SMILES string of the molecule is FC(F)C(F)N1CCCCC1. The van der Waals surface area contributed by atoms with Crippen molar-refractivity contribution in [1.29, 1.82) is 0 Å². The number of hydrogen-bond donors (Lipinski definition) is 0. The molecule has 1 atom stereocenters. The highest BCUT2D eigenvalue weighted by Gasteiger charge is 2.27. The Morgan fingerprint density at radius 2 is 1.45 bits per heavy atom. The van der Waals surface area contributed by atoms with E-state index in [-0.39, 0.29) is 0 Å². The van der Waals surface area contributed by atoms with Gasteiger partial charge in [0, 0.05) is 13.1 Å².